The van der Waals surface area contributed by atoms with Gasteiger partial charge < -0.3 is 9.47 Å². The zero-order valence-electron chi connectivity index (χ0n) is 16.1. The lowest BCUT2D eigenvalue weighted by Gasteiger charge is -2.34. The molecular formula is C22H34N2O2. The summed E-state index contributed by atoms with van der Waals surface area (Å²) in [5.41, 5.74) is 1.40. The maximum atomic E-state index is 5.94. The van der Waals surface area contributed by atoms with Crippen molar-refractivity contribution in [3.8, 4) is 5.75 Å². The van der Waals surface area contributed by atoms with Crippen LogP contribution in [0.4, 0.5) is 0 Å². The summed E-state index contributed by atoms with van der Waals surface area (Å²) in [7, 11) is 0. The third-order valence-electron chi connectivity index (χ3n) is 6.34. The minimum atomic E-state index is 0.715. The molecule has 3 aliphatic rings. The van der Waals surface area contributed by atoms with Crippen LogP contribution in [0.2, 0.25) is 0 Å². The van der Waals surface area contributed by atoms with Crippen molar-refractivity contribution >= 4 is 0 Å². The summed E-state index contributed by atoms with van der Waals surface area (Å²) in [6.07, 6.45) is 7.94. The van der Waals surface area contributed by atoms with Crippen molar-refractivity contribution in [2.45, 2.75) is 51.1 Å². The van der Waals surface area contributed by atoms with Crippen molar-refractivity contribution in [2.24, 2.45) is 5.92 Å². The zero-order valence-corrected chi connectivity index (χ0v) is 16.1. The summed E-state index contributed by atoms with van der Waals surface area (Å²) in [5.74, 6) is 1.74. The normalized spacial score (nSPS) is 27.8. The van der Waals surface area contributed by atoms with Gasteiger partial charge in [-0.1, -0.05) is 12.1 Å². The second-order valence-electron chi connectivity index (χ2n) is 8.20. The van der Waals surface area contributed by atoms with Gasteiger partial charge in [0.1, 0.15) is 12.4 Å². The van der Waals surface area contributed by atoms with E-state index in [2.05, 4.69) is 34.1 Å². The first-order valence-electron chi connectivity index (χ1n) is 10.6. The summed E-state index contributed by atoms with van der Waals surface area (Å²) >= 11 is 0. The molecule has 2 unspecified atom stereocenters. The van der Waals surface area contributed by atoms with Crippen LogP contribution in [0.1, 0.15) is 44.1 Å². The van der Waals surface area contributed by atoms with Crippen LogP contribution < -0.4 is 4.74 Å². The molecule has 26 heavy (non-hydrogen) atoms. The van der Waals surface area contributed by atoms with E-state index in [-0.39, 0.29) is 0 Å². The molecule has 0 saturated carbocycles. The molecule has 2 atom stereocenters. The standard InChI is InChI=1S/C22H34N2O2/c1-2-12-23(11-1)14-16-26-21-9-7-19(8-10-21)17-24-13-3-6-22(24)20-5-4-15-25-18-20/h7-10,20,22H,1-6,11-18H2. The Morgan fingerprint density at radius 2 is 1.81 bits per heavy atom. The molecule has 4 rings (SSSR count). The van der Waals surface area contributed by atoms with Gasteiger partial charge in [-0.25, -0.2) is 0 Å². The van der Waals surface area contributed by atoms with Crippen LogP contribution in [0, 0.1) is 5.92 Å². The van der Waals surface area contributed by atoms with Gasteiger partial charge >= 0.3 is 0 Å². The average molecular weight is 359 g/mol. The van der Waals surface area contributed by atoms with Gasteiger partial charge in [-0.15, -0.1) is 0 Å². The van der Waals surface area contributed by atoms with Gasteiger partial charge in [0.15, 0.2) is 0 Å². The minimum Gasteiger partial charge on any atom is -0.492 e. The predicted molar refractivity (Wildman–Crippen MR) is 105 cm³/mol. The maximum Gasteiger partial charge on any atom is 0.119 e. The van der Waals surface area contributed by atoms with Crippen LogP contribution in [0.5, 0.6) is 5.75 Å². The molecule has 0 radical (unpaired) electrons. The Bertz CT molecular complexity index is 536. The Hall–Kier alpha value is -1.10. The highest BCUT2D eigenvalue weighted by atomic mass is 16.5. The van der Waals surface area contributed by atoms with E-state index in [0.29, 0.717) is 6.04 Å². The van der Waals surface area contributed by atoms with Gasteiger partial charge in [0.25, 0.3) is 0 Å². The Morgan fingerprint density at radius 1 is 0.962 bits per heavy atom. The van der Waals surface area contributed by atoms with Crippen molar-refractivity contribution in [2.75, 3.05) is 46.0 Å². The van der Waals surface area contributed by atoms with Gasteiger partial charge in [0.2, 0.25) is 0 Å². The summed E-state index contributed by atoms with van der Waals surface area (Å²) in [4.78, 5) is 5.18. The lowest BCUT2D eigenvalue weighted by atomic mass is 9.92. The highest BCUT2D eigenvalue weighted by Crippen LogP contribution is 2.30. The molecule has 3 heterocycles. The van der Waals surface area contributed by atoms with Crippen LogP contribution in [0.3, 0.4) is 0 Å². The zero-order chi connectivity index (χ0) is 17.6. The molecule has 3 fully saturated rings. The molecule has 0 bridgehead atoms. The quantitative estimate of drug-likeness (QED) is 0.744. The third kappa shape index (κ3) is 4.79. The fraction of sp³-hybridized carbons (Fsp3) is 0.727. The number of hydrogen-bond donors (Lipinski definition) is 0. The molecule has 0 aromatic heterocycles. The maximum absolute atomic E-state index is 5.94. The lowest BCUT2D eigenvalue weighted by molar-refractivity contribution is 0.0181. The van der Waals surface area contributed by atoms with Crippen molar-refractivity contribution in [3.63, 3.8) is 0 Å². The molecule has 144 valence electrons. The third-order valence-corrected chi connectivity index (χ3v) is 6.34. The minimum absolute atomic E-state index is 0.715. The molecule has 3 saturated heterocycles. The van der Waals surface area contributed by atoms with Gasteiger partial charge in [-0.2, -0.15) is 0 Å². The summed E-state index contributed by atoms with van der Waals surface area (Å²) in [6.45, 7) is 8.56. The first-order valence-corrected chi connectivity index (χ1v) is 10.6. The van der Waals surface area contributed by atoms with E-state index in [9.17, 15) is 0 Å². The Balaban J connectivity index is 1.25. The molecule has 4 heteroatoms. The topological polar surface area (TPSA) is 24.9 Å². The van der Waals surface area contributed by atoms with Crippen LogP contribution >= 0.6 is 0 Å². The lowest BCUT2D eigenvalue weighted by Crippen LogP contribution is -2.39. The number of nitrogens with zero attached hydrogens (tertiary/aromatic N) is 2. The SMILES string of the molecule is c1cc(OCCN2CCCC2)ccc1CN1CCCC1C1CCCOC1. The predicted octanol–water partition coefficient (Wildman–Crippen LogP) is 3.55. The van der Waals surface area contributed by atoms with Crippen LogP contribution in [-0.2, 0) is 11.3 Å². The molecule has 0 N–H and O–H groups in total. The van der Waals surface area contributed by atoms with Crippen molar-refractivity contribution < 1.29 is 9.47 Å². The first-order chi connectivity index (χ1) is 12.9. The Kier molecular flexibility index (Phi) is 6.47. The highest BCUT2D eigenvalue weighted by Gasteiger charge is 2.32. The van der Waals surface area contributed by atoms with E-state index in [1.165, 1.54) is 63.7 Å². The molecule has 1 aromatic rings. The van der Waals surface area contributed by atoms with Gasteiger partial charge in [-0.05, 0) is 81.8 Å². The second kappa shape index (κ2) is 9.20. The molecule has 0 aliphatic carbocycles. The van der Waals surface area contributed by atoms with E-state index >= 15 is 0 Å². The van der Waals surface area contributed by atoms with Gasteiger partial charge in [-0.3, -0.25) is 9.80 Å². The molecule has 1 aromatic carbocycles. The smallest absolute Gasteiger partial charge is 0.119 e. The summed E-state index contributed by atoms with van der Waals surface area (Å²) in [6, 6.07) is 9.50. The fourth-order valence-electron chi connectivity index (χ4n) is 4.88. The van der Waals surface area contributed by atoms with E-state index in [1.54, 1.807) is 0 Å². The van der Waals surface area contributed by atoms with E-state index in [1.807, 2.05) is 0 Å². The Morgan fingerprint density at radius 3 is 2.58 bits per heavy atom. The Labute approximate surface area is 158 Å². The average Bonchev–Trinajstić information content (AvgIpc) is 3.36. The molecule has 0 amide bonds. The van der Waals surface area contributed by atoms with Gasteiger partial charge in [0.05, 0.1) is 6.61 Å². The number of ether oxygens (including phenoxy) is 2. The molecule has 0 spiro atoms. The van der Waals surface area contributed by atoms with E-state index in [4.69, 9.17) is 9.47 Å². The van der Waals surface area contributed by atoms with E-state index < -0.39 is 0 Å². The van der Waals surface area contributed by atoms with E-state index in [0.717, 1.165) is 44.6 Å². The number of benzene rings is 1. The summed E-state index contributed by atoms with van der Waals surface area (Å²) < 4.78 is 11.7. The fourth-order valence-corrected chi connectivity index (χ4v) is 4.88. The highest BCUT2D eigenvalue weighted by molar-refractivity contribution is 5.27. The molecule has 4 nitrogen and oxygen atoms in total. The van der Waals surface area contributed by atoms with Crippen molar-refractivity contribution in [1.82, 2.24) is 9.80 Å². The number of hydrogen-bond acceptors (Lipinski definition) is 4. The first kappa shape index (κ1) is 18.3. The van der Waals surface area contributed by atoms with Crippen LogP contribution in [-0.4, -0.2) is 61.8 Å². The largest absolute Gasteiger partial charge is 0.492 e. The number of rotatable bonds is 7. The van der Waals surface area contributed by atoms with Crippen LogP contribution in [0.15, 0.2) is 24.3 Å². The summed E-state index contributed by atoms with van der Waals surface area (Å²) in [5, 5.41) is 0. The van der Waals surface area contributed by atoms with Crippen LogP contribution in [0.25, 0.3) is 0 Å². The van der Waals surface area contributed by atoms with Crippen molar-refractivity contribution in [3.05, 3.63) is 29.8 Å². The molecular weight excluding hydrogens is 324 g/mol. The van der Waals surface area contributed by atoms with Crippen molar-refractivity contribution in [1.29, 1.82) is 0 Å². The molecule has 3 aliphatic heterocycles. The second-order valence-corrected chi connectivity index (χ2v) is 8.20. The monoisotopic (exact) mass is 358 g/mol. The van der Waals surface area contributed by atoms with Gasteiger partial charge in [0, 0.05) is 25.7 Å². The number of likely N-dealkylation sites (tertiary alicyclic amines) is 2.